The van der Waals surface area contributed by atoms with Gasteiger partial charge in [0.25, 0.3) is 0 Å². The molecule has 0 aliphatic heterocycles. The van der Waals surface area contributed by atoms with E-state index in [1.807, 2.05) is 6.08 Å². The largest absolute Gasteiger partial charge is 0.390 e. The molecular weight excluding hydrogens is 317 g/mol. The Balaban J connectivity index is 2.27. The van der Waals surface area contributed by atoms with Gasteiger partial charge in [-0.15, -0.1) is 0 Å². The quantitative estimate of drug-likeness (QED) is 0.938. The maximum atomic E-state index is 13.9. The Morgan fingerprint density at radius 1 is 1.26 bits per heavy atom. The Labute approximate surface area is 133 Å². The van der Waals surface area contributed by atoms with E-state index in [9.17, 15) is 17.9 Å². The first-order valence-corrected chi connectivity index (χ1v) is 9.11. The van der Waals surface area contributed by atoms with Crippen molar-refractivity contribution in [3.63, 3.8) is 0 Å². The van der Waals surface area contributed by atoms with Gasteiger partial charge in [-0.2, -0.15) is 0 Å². The van der Waals surface area contributed by atoms with Gasteiger partial charge in [-0.3, -0.25) is 0 Å². The van der Waals surface area contributed by atoms with Gasteiger partial charge in [0.15, 0.2) is 9.84 Å². The van der Waals surface area contributed by atoms with Crippen LogP contribution in [0.5, 0.6) is 0 Å². The summed E-state index contributed by atoms with van der Waals surface area (Å²) in [7, 11) is -3.40. The lowest BCUT2D eigenvalue weighted by Gasteiger charge is -2.18. The van der Waals surface area contributed by atoms with Crippen molar-refractivity contribution in [2.45, 2.75) is 19.4 Å². The highest BCUT2D eigenvalue weighted by Crippen LogP contribution is 2.34. The zero-order valence-corrected chi connectivity index (χ0v) is 13.4. The number of pyridine rings is 1. The van der Waals surface area contributed by atoms with Gasteiger partial charge < -0.3 is 5.11 Å². The normalized spacial score (nSPS) is 15.4. The van der Waals surface area contributed by atoms with Crippen LogP contribution >= 0.6 is 0 Å². The van der Waals surface area contributed by atoms with Crippen LogP contribution in [0.25, 0.3) is 16.5 Å². The van der Waals surface area contributed by atoms with E-state index >= 15 is 0 Å². The Morgan fingerprint density at radius 2 is 2.00 bits per heavy atom. The first-order valence-electron chi connectivity index (χ1n) is 7.22. The predicted molar refractivity (Wildman–Crippen MR) is 87.8 cm³/mol. The summed E-state index contributed by atoms with van der Waals surface area (Å²) in [6.45, 7) is -0.395. The van der Waals surface area contributed by atoms with Crippen molar-refractivity contribution in [2.24, 2.45) is 0 Å². The van der Waals surface area contributed by atoms with Gasteiger partial charge in [0, 0.05) is 17.2 Å². The number of aliphatic hydroxyl groups is 1. The highest BCUT2D eigenvalue weighted by molar-refractivity contribution is 7.95. The van der Waals surface area contributed by atoms with Crippen LogP contribution in [0.2, 0.25) is 0 Å². The zero-order chi connectivity index (χ0) is 16.6. The molecule has 0 bridgehead atoms. The minimum atomic E-state index is -3.40. The molecular formula is C17H16FNO3S. The average molecular weight is 333 g/mol. The van der Waals surface area contributed by atoms with Gasteiger partial charge in [0.05, 0.1) is 17.2 Å². The van der Waals surface area contributed by atoms with Crippen molar-refractivity contribution in [2.75, 3.05) is 6.26 Å². The molecule has 6 heteroatoms. The molecule has 1 aliphatic carbocycles. The molecule has 1 aromatic carbocycles. The number of hydrogen-bond acceptors (Lipinski definition) is 4. The summed E-state index contributed by atoms with van der Waals surface area (Å²) in [6.07, 6.45) is 6.03. The maximum Gasteiger partial charge on any atom is 0.175 e. The van der Waals surface area contributed by atoms with Crippen molar-refractivity contribution < 1.29 is 17.9 Å². The zero-order valence-electron chi connectivity index (χ0n) is 12.6. The molecule has 0 saturated heterocycles. The summed E-state index contributed by atoms with van der Waals surface area (Å²) in [6, 6.07) is 6.28. The van der Waals surface area contributed by atoms with Gasteiger partial charge in [0.2, 0.25) is 0 Å². The van der Waals surface area contributed by atoms with Crippen LogP contribution in [0.3, 0.4) is 0 Å². The van der Waals surface area contributed by atoms with Crippen molar-refractivity contribution in [1.29, 1.82) is 0 Å². The molecule has 0 radical (unpaired) electrons. The number of aliphatic hydroxyl groups excluding tert-OH is 1. The van der Waals surface area contributed by atoms with Crippen molar-refractivity contribution >= 4 is 26.3 Å². The van der Waals surface area contributed by atoms with Crippen LogP contribution in [-0.2, 0) is 16.4 Å². The Morgan fingerprint density at radius 3 is 2.70 bits per heavy atom. The molecule has 0 unspecified atom stereocenters. The summed E-state index contributed by atoms with van der Waals surface area (Å²) in [4.78, 5) is 4.43. The lowest BCUT2D eigenvalue weighted by Crippen LogP contribution is -2.09. The molecule has 1 aliphatic rings. The monoisotopic (exact) mass is 333 g/mol. The van der Waals surface area contributed by atoms with E-state index in [2.05, 4.69) is 4.98 Å². The molecule has 4 nitrogen and oxygen atoms in total. The van der Waals surface area contributed by atoms with Crippen LogP contribution in [0.4, 0.5) is 4.39 Å². The van der Waals surface area contributed by atoms with E-state index in [4.69, 9.17) is 0 Å². The Kier molecular flexibility index (Phi) is 4.04. The average Bonchev–Trinajstić information content (AvgIpc) is 2.53. The van der Waals surface area contributed by atoms with Gasteiger partial charge in [-0.1, -0.05) is 24.3 Å². The second-order valence-corrected chi connectivity index (χ2v) is 7.47. The first kappa shape index (κ1) is 15.8. The lowest BCUT2D eigenvalue weighted by molar-refractivity contribution is 0.277. The van der Waals surface area contributed by atoms with E-state index < -0.39 is 22.3 Å². The third-order valence-corrected chi connectivity index (χ3v) is 5.01. The lowest BCUT2D eigenvalue weighted by atomic mass is 9.96. The summed E-state index contributed by atoms with van der Waals surface area (Å²) in [5.74, 6) is -0.472. The highest BCUT2D eigenvalue weighted by Gasteiger charge is 2.23. The molecule has 1 aromatic heterocycles. The van der Waals surface area contributed by atoms with Crippen LogP contribution in [-0.4, -0.2) is 24.8 Å². The molecule has 23 heavy (non-hydrogen) atoms. The fourth-order valence-corrected chi connectivity index (χ4v) is 3.81. The molecule has 1 N–H and O–H groups in total. The van der Waals surface area contributed by atoms with Gasteiger partial charge in [-0.25, -0.2) is 17.8 Å². The van der Waals surface area contributed by atoms with Crippen LogP contribution < -0.4 is 0 Å². The van der Waals surface area contributed by atoms with Crippen molar-refractivity contribution in [3.05, 3.63) is 58.4 Å². The molecule has 2 aromatic rings. The fourth-order valence-electron chi connectivity index (χ4n) is 2.80. The number of fused-ring (bicyclic) bond motifs is 1. The number of rotatable bonds is 3. The highest BCUT2D eigenvalue weighted by atomic mass is 32.2. The first-order chi connectivity index (χ1) is 10.9. The van der Waals surface area contributed by atoms with Crippen molar-refractivity contribution in [3.8, 4) is 0 Å². The number of benzene rings is 1. The van der Waals surface area contributed by atoms with E-state index in [1.54, 1.807) is 24.3 Å². The summed E-state index contributed by atoms with van der Waals surface area (Å²) in [5.41, 5.74) is 1.50. The molecule has 0 atom stereocenters. The number of halogens is 1. The van der Waals surface area contributed by atoms with Crippen LogP contribution in [0, 0.1) is 5.82 Å². The number of nitrogens with zero attached hydrogens (tertiary/aromatic N) is 1. The SMILES string of the molecule is CS(=O)(=O)C1=CCCC=C1c1cc2cccc(F)c2nc1CO. The Bertz CT molecular complexity index is 946. The third kappa shape index (κ3) is 2.92. The number of allylic oxidation sites excluding steroid dienone is 3. The van der Waals surface area contributed by atoms with Crippen LogP contribution in [0.1, 0.15) is 24.1 Å². The van der Waals surface area contributed by atoms with Gasteiger partial charge >= 0.3 is 0 Å². The maximum absolute atomic E-state index is 13.9. The number of hydrogen-bond donors (Lipinski definition) is 1. The summed E-state index contributed by atoms with van der Waals surface area (Å²) >= 11 is 0. The topological polar surface area (TPSA) is 67.3 Å². The minimum Gasteiger partial charge on any atom is -0.390 e. The minimum absolute atomic E-state index is 0.168. The summed E-state index contributed by atoms with van der Waals surface area (Å²) in [5, 5.41) is 10.2. The molecule has 3 rings (SSSR count). The third-order valence-electron chi connectivity index (χ3n) is 3.83. The van der Waals surface area contributed by atoms with Crippen molar-refractivity contribution in [1.82, 2.24) is 4.98 Å². The molecule has 0 amide bonds. The van der Waals surface area contributed by atoms with E-state index in [1.165, 1.54) is 6.07 Å². The summed E-state index contributed by atoms with van der Waals surface area (Å²) < 4.78 is 37.9. The van der Waals surface area contributed by atoms with E-state index in [-0.39, 0.29) is 16.1 Å². The molecule has 0 spiro atoms. The molecule has 1 heterocycles. The van der Waals surface area contributed by atoms with Gasteiger partial charge in [0.1, 0.15) is 11.3 Å². The van der Waals surface area contributed by atoms with E-state index in [0.29, 0.717) is 29.4 Å². The number of aromatic nitrogens is 1. The second kappa shape index (κ2) is 5.86. The molecule has 120 valence electrons. The molecule has 0 fully saturated rings. The van der Waals surface area contributed by atoms with Gasteiger partial charge in [-0.05, 0) is 30.5 Å². The predicted octanol–water partition coefficient (Wildman–Crippen LogP) is 2.97. The smallest absolute Gasteiger partial charge is 0.175 e. The Hall–Kier alpha value is -2.05. The van der Waals surface area contributed by atoms with Crippen LogP contribution in [0.15, 0.2) is 41.3 Å². The molecule has 0 saturated carbocycles. The van der Waals surface area contributed by atoms with E-state index in [0.717, 1.165) is 6.26 Å². The second-order valence-electron chi connectivity index (χ2n) is 5.49. The standard InChI is InChI=1S/C17H16FNO3S/c1-23(21,22)16-8-3-2-6-12(16)13-9-11-5-4-7-14(18)17(11)19-15(13)10-20/h4-9,20H,2-3,10H2,1H3. The fraction of sp³-hybridized carbons (Fsp3) is 0.235. The number of para-hydroxylation sites is 1. The number of sulfone groups is 1.